The van der Waals surface area contributed by atoms with Crippen molar-refractivity contribution in [1.29, 1.82) is 0 Å². The minimum absolute atomic E-state index is 0.00912. The monoisotopic (exact) mass is 618 g/mol. The molecule has 0 aliphatic rings. The molecule has 4 rings (SSSR count). The summed E-state index contributed by atoms with van der Waals surface area (Å²) in [5, 5.41) is 9.31. The summed E-state index contributed by atoms with van der Waals surface area (Å²) in [5.74, 6) is -1.73. The Kier molecular flexibility index (Phi) is 10.2. The van der Waals surface area contributed by atoms with E-state index in [1.807, 2.05) is 0 Å². The number of nitrogens with two attached hydrogens (primary N) is 1. The fourth-order valence-corrected chi connectivity index (χ4v) is 4.43. The van der Waals surface area contributed by atoms with Crippen molar-refractivity contribution in [1.82, 2.24) is 4.90 Å². The minimum atomic E-state index is -4.65. The number of alkyl halides is 6. The van der Waals surface area contributed by atoms with Crippen LogP contribution >= 0.6 is 0 Å². The van der Waals surface area contributed by atoms with Crippen LogP contribution < -0.4 is 15.2 Å². The highest BCUT2D eigenvalue weighted by Crippen LogP contribution is 2.40. The number of ether oxygens (including phenoxy) is 2. The summed E-state index contributed by atoms with van der Waals surface area (Å²) in [4.78, 5) is 13.2. The molecule has 0 heterocycles. The lowest BCUT2D eigenvalue weighted by Gasteiger charge is -2.26. The van der Waals surface area contributed by atoms with Gasteiger partial charge in [-0.25, -0.2) is 0 Å². The molecule has 4 aromatic carbocycles. The fraction of sp³-hybridized carbons (Fsp3) is 0.219. The van der Waals surface area contributed by atoms with Gasteiger partial charge in [0.05, 0.1) is 11.1 Å². The van der Waals surface area contributed by atoms with Crippen LogP contribution in [-0.4, -0.2) is 28.6 Å². The Morgan fingerprint density at radius 2 is 1.02 bits per heavy atom. The lowest BCUT2D eigenvalue weighted by Crippen LogP contribution is -2.35. The molecule has 0 fully saturated rings. The number of halogens is 6. The van der Waals surface area contributed by atoms with Gasteiger partial charge in [-0.1, -0.05) is 60.7 Å². The quantitative estimate of drug-likeness (QED) is 0.156. The van der Waals surface area contributed by atoms with Crippen LogP contribution in [0.2, 0.25) is 0 Å². The Balaban J connectivity index is 1.64. The fourth-order valence-electron chi connectivity index (χ4n) is 4.43. The Morgan fingerprint density at radius 1 is 0.659 bits per heavy atom. The summed E-state index contributed by atoms with van der Waals surface area (Å²) in [7, 11) is 0. The Labute approximate surface area is 249 Å². The summed E-state index contributed by atoms with van der Waals surface area (Å²) >= 11 is 0. The zero-order valence-corrected chi connectivity index (χ0v) is 23.1. The van der Waals surface area contributed by atoms with E-state index in [1.54, 1.807) is 41.3 Å². The summed E-state index contributed by atoms with van der Waals surface area (Å²) in [6, 6.07) is 21.2. The molecule has 0 unspecified atom stereocenters. The molecule has 0 aliphatic heterocycles. The maximum absolute atomic E-state index is 13.6. The number of aliphatic carboxylic acids is 1. The first-order chi connectivity index (χ1) is 20.8. The van der Waals surface area contributed by atoms with E-state index in [-0.39, 0.29) is 37.6 Å². The van der Waals surface area contributed by atoms with Crippen molar-refractivity contribution in [3.63, 3.8) is 0 Å². The van der Waals surface area contributed by atoms with Gasteiger partial charge < -0.3 is 20.3 Å². The van der Waals surface area contributed by atoms with Gasteiger partial charge in [-0.3, -0.25) is 9.69 Å². The van der Waals surface area contributed by atoms with E-state index >= 15 is 0 Å². The second-order valence-electron chi connectivity index (χ2n) is 9.85. The predicted octanol–water partition coefficient (Wildman–Crippen LogP) is 8.11. The second kappa shape index (κ2) is 13.8. The SMILES string of the molecule is N[C@@H](CCN(Cc1ccccc1Oc1ccccc1C(F)(F)F)Cc1ccccc1Oc1ccccc1C(F)(F)F)C(=O)O. The third-order valence-electron chi connectivity index (χ3n) is 6.63. The topological polar surface area (TPSA) is 85.0 Å². The summed E-state index contributed by atoms with van der Waals surface area (Å²) in [6.07, 6.45) is -9.30. The molecule has 0 saturated carbocycles. The maximum atomic E-state index is 13.6. The molecule has 1 atom stereocenters. The Hall–Kier alpha value is -4.55. The first-order valence-corrected chi connectivity index (χ1v) is 13.4. The maximum Gasteiger partial charge on any atom is 0.419 e. The van der Waals surface area contributed by atoms with Crippen LogP contribution in [0.4, 0.5) is 26.3 Å². The van der Waals surface area contributed by atoms with Crippen LogP contribution in [-0.2, 0) is 30.2 Å². The number of nitrogens with zero attached hydrogens (tertiary/aromatic N) is 1. The lowest BCUT2D eigenvalue weighted by molar-refractivity contribution is -0.139. The highest BCUT2D eigenvalue weighted by molar-refractivity contribution is 5.73. The van der Waals surface area contributed by atoms with Gasteiger partial charge in [0.25, 0.3) is 0 Å². The molecule has 3 N–H and O–H groups in total. The average molecular weight is 619 g/mol. The normalized spacial score (nSPS) is 12.6. The van der Waals surface area contributed by atoms with Crippen molar-refractivity contribution in [2.45, 2.75) is 37.9 Å². The van der Waals surface area contributed by atoms with E-state index in [9.17, 15) is 36.2 Å². The number of hydrogen-bond acceptors (Lipinski definition) is 5. The zero-order chi connectivity index (χ0) is 31.9. The molecule has 0 saturated heterocycles. The Morgan fingerprint density at radius 3 is 1.41 bits per heavy atom. The van der Waals surface area contributed by atoms with Crippen LogP contribution in [0.5, 0.6) is 23.0 Å². The van der Waals surface area contributed by atoms with E-state index in [2.05, 4.69) is 0 Å². The third kappa shape index (κ3) is 8.51. The molecule has 0 aromatic heterocycles. The van der Waals surface area contributed by atoms with Crippen molar-refractivity contribution in [2.24, 2.45) is 5.73 Å². The molecule has 0 spiro atoms. The molecule has 0 bridgehead atoms. The molecular formula is C32H28F6N2O4. The van der Waals surface area contributed by atoms with Gasteiger partial charge in [-0.2, -0.15) is 26.3 Å². The smallest absolute Gasteiger partial charge is 0.419 e. The third-order valence-corrected chi connectivity index (χ3v) is 6.63. The molecule has 0 radical (unpaired) electrons. The van der Waals surface area contributed by atoms with Gasteiger partial charge in [-0.05, 0) is 42.8 Å². The van der Waals surface area contributed by atoms with Crippen LogP contribution in [0, 0.1) is 0 Å². The highest BCUT2D eigenvalue weighted by Gasteiger charge is 2.35. The van der Waals surface area contributed by atoms with Crippen molar-refractivity contribution < 1.29 is 45.7 Å². The molecule has 6 nitrogen and oxygen atoms in total. The first kappa shape index (κ1) is 32.4. The highest BCUT2D eigenvalue weighted by atomic mass is 19.4. The number of rotatable bonds is 12. The van der Waals surface area contributed by atoms with Crippen LogP contribution in [0.25, 0.3) is 0 Å². The first-order valence-electron chi connectivity index (χ1n) is 13.4. The number of carboxylic acids is 1. The van der Waals surface area contributed by atoms with Crippen LogP contribution in [0.1, 0.15) is 28.7 Å². The van der Waals surface area contributed by atoms with Crippen LogP contribution in [0.15, 0.2) is 97.1 Å². The number of carboxylic acid groups (broad SMARTS) is 1. The standard InChI is InChI=1S/C32H28F6N2O4/c33-31(34,35)23-11-3-7-15-28(23)43-26-13-5-1-9-21(26)19-40(18-17-25(39)30(41)42)20-22-10-2-6-14-27(22)44-29-16-8-4-12-24(29)32(36,37)38/h1-16,25H,17-20,39H2,(H,41,42)/t25-/m0/s1. The molecular weight excluding hydrogens is 590 g/mol. The summed E-state index contributed by atoms with van der Waals surface area (Å²) in [5.41, 5.74) is 4.79. The van der Waals surface area contributed by atoms with E-state index in [0.717, 1.165) is 12.1 Å². The largest absolute Gasteiger partial charge is 0.480 e. The zero-order valence-electron chi connectivity index (χ0n) is 23.1. The average Bonchev–Trinajstić information content (AvgIpc) is 2.97. The number of para-hydroxylation sites is 4. The predicted molar refractivity (Wildman–Crippen MR) is 150 cm³/mol. The van der Waals surface area contributed by atoms with Crippen LogP contribution in [0.3, 0.4) is 0 Å². The molecule has 0 aliphatic carbocycles. The summed E-state index contributed by atoms with van der Waals surface area (Å²) in [6.45, 7) is 0.267. The van der Waals surface area contributed by atoms with E-state index < -0.39 is 47.0 Å². The van der Waals surface area contributed by atoms with Gasteiger partial charge in [0.1, 0.15) is 29.0 Å². The number of hydrogen-bond donors (Lipinski definition) is 2. The molecule has 0 amide bonds. The second-order valence-corrected chi connectivity index (χ2v) is 9.85. The van der Waals surface area contributed by atoms with E-state index in [0.29, 0.717) is 11.1 Å². The van der Waals surface area contributed by atoms with E-state index in [1.165, 1.54) is 48.5 Å². The van der Waals surface area contributed by atoms with Gasteiger partial charge in [0, 0.05) is 30.8 Å². The number of carbonyl (C=O) groups is 1. The molecule has 232 valence electrons. The van der Waals surface area contributed by atoms with E-state index in [4.69, 9.17) is 15.2 Å². The van der Waals surface area contributed by atoms with Crippen molar-refractivity contribution in [3.05, 3.63) is 119 Å². The van der Waals surface area contributed by atoms with Gasteiger partial charge in [-0.15, -0.1) is 0 Å². The van der Waals surface area contributed by atoms with Gasteiger partial charge >= 0.3 is 18.3 Å². The van der Waals surface area contributed by atoms with Gasteiger partial charge in [0.2, 0.25) is 0 Å². The van der Waals surface area contributed by atoms with Crippen molar-refractivity contribution in [3.8, 4) is 23.0 Å². The van der Waals surface area contributed by atoms with Crippen molar-refractivity contribution >= 4 is 5.97 Å². The minimum Gasteiger partial charge on any atom is -0.480 e. The molecule has 4 aromatic rings. The molecule has 12 heteroatoms. The lowest BCUT2D eigenvalue weighted by atomic mass is 10.1. The van der Waals surface area contributed by atoms with Crippen molar-refractivity contribution in [2.75, 3.05) is 6.54 Å². The Bertz CT molecular complexity index is 1470. The summed E-state index contributed by atoms with van der Waals surface area (Å²) < 4.78 is 93.1. The molecule has 44 heavy (non-hydrogen) atoms. The van der Waals surface area contributed by atoms with Gasteiger partial charge in [0.15, 0.2) is 0 Å². The number of benzene rings is 4.